The molecule has 0 N–H and O–H groups in total. The maximum absolute atomic E-state index is 13.8. The van der Waals surface area contributed by atoms with E-state index in [1.807, 2.05) is 6.07 Å². The second kappa shape index (κ2) is 7.37. The highest BCUT2D eigenvalue weighted by atomic mass is 79.9. The van der Waals surface area contributed by atoms with Gasteiger partial charge in [0.1, 0.15) is 5.82 Å². The van der Waals surface area contributed by atoms with E-state index in [9.17, 15) is 4.39 Å². The molecule has 0 amide bonds. The van der Waals surface area contributed by atoms with Crippen LogP contribution in [0.3, 0.4) is 0 Å². The van der Waals surface area contributed by atoms with Crippen molar-refractivity contribution in [3.63, 3.8) is 0 Å². The number of rotatable bonds is 5. The number of halogens is 3. The lowest BCUT2D eigenvalue weighted by atomic mass is 9.93. The summed E-state index contributed by atoms with van der Waals surface area (Å²) in [5.41, 5.74) is 3.34. The number of alkyl halides is 1. The van der Waals surface area contributed by atoms with Gasteiger partial charge in [0, 0.05) is 9.80 Å². The van der Waals surface area contributed by atoms with Gasteiger partial charge in [0.15, 0.2) is 0 Å². The Morgan fingerprint density at radius 2 is 1.75 bits per heavy atom. The largest absolute Gasteiger partial charge is 0.207 e. The van der Waals surface area contributed by atoms with Crippen LogP contribution in [0.1, 0.15) is 16.7 Å². The van der Waals surface area contributed by atoms with Crippen LogP contribution in [0.25, 0.3) is 0 Å². The van der Waals surface area contributed by atoms with Crippen molar-refractivity contribution in [1.29, 1.82) is 0 Å². The molecule has 2 aromatic carbocycles. The van der Waals surface area contributed by atoms with Crippen molar-refractivity contribution < 1.29 is 4.39 Å². The van der Waals surface area contributed by atoms with E-state index in [0.29, 0.717) is 5.92 Å². The highest BCUT2D eigenvalue weighted by Crippen LogP contribution is 2.22. The van der Waals surface area contributed by atoms with Gasteiger partial charge in [-0.3, -0.25) is 0 Å². The first-order chi connectivity index (χ1) is 9.58. The van der Waals surface area contributed by atoms with Crippen molar-refractivity contribution >= 4 is 31.9 Å². The van der Waals surface area contributed by atoms with Crippen molar-refractivity contribution in [2.75, 3.05) is 5.33 Å². The van der Waals surface area contributed by atoms with Crippen LogP contribution in [0.2, 0.25) is 0 Å². The lowest BCUT2D eigenvalue weighted by Crippen LogP contribution is -2.11. The van der Waals surface area contributed by atoms with E-state index in [2.05, 4.69) is 63.0 Å². The Kier molecular flexibility index (Phi) is 5.79. The normalized spacial score (nSPS) is 12.4. The smallest absolute Gasteiger partial charge is 0.126 e. The van der Waals surface area contributed by atoms with Crippen molar-refractivity contribution in [3.8, 4) is 0 Å². The third kappa shape index (κ3) is 4.42. The molecular formula is C17H17Br2F. The summed E-state index contributed by atoms with van der Waals surface area (Å²) in [5.74, 6) is 0.268. The molecule has 0 saturated carbocycles. The molecule has 0 bridgehead atoms. The SMILES string of the molecule is Cc1ccc(CC(CBr)Cc2cc(Br)ccc2F)cc1. The number of aryl methyl sites for hydroxylation is 1. The Morgan fingerprint density at radius 1 is 1.05 bits per heavy atom. The molecule has 0 radical (unpaired) electrons. The minimum absolute atomic E-state index is 0.122. The Bertz CT molecular complexity index is 564. The minimum atomic E-state index is -0.122. The molecule has 0 aromatic heterocycles. The van der Waals surface area contributed by atoms with Crippen molar-refractivity contribution in [3.05, 3.63) is 69.4 Å². The van der Waals surface area contributed by atoms with E-state index in [0.717, 1.165) is 28.2 Å². The first kappa shape index (κ1) is 15.7. The number of hydrogen-bond acceptors (Lipinski definition) is 0. The monoisotopic (exact) mass is 398 g/mol. The molecule has 0 heterocycles. The van der Waals surface area contributed by atoms with Gasteiger partial charge in [0.25, 0.3) is 0 Å². The van der Waals surface area contributed by atoms with Crippen LogP contribution in [-0.2, 0) is 12.8 Å². The summed E-state index contributed by atoms with van der Waals surface area (Å²) in [7, 11) is 0. The van der Waals surface area contributed by atoms with Gasteiger partial charge in [-0.1, -0.05) is 61.7 Å². The molecular weight excluding hydrogens is 383 g/mol. The zero-order valence-corrected chi connectivity index (χ0v) is 14.5. The van der Waals surface area contributed by atoms with Crippen LogP contribution in [-0.4, -0.2) is 5.33 Å². The second-order valence-electron chi connectivity index (χ2n) is 5.15. The van der Waals surface area contributed by atoms with Gasteiger partial charge in [-0.05, 0) is 55.0 Å². The molecule has 0 saturated heterocycles. The quantitative estimate of drug-likeness (QED) is 0.566. The maximum atomic E-state index is 13.8. The van der Waals surface area contributed by atoms with Gasteiger partial charge < -0.3 is 0 Å². The summed E-state index contributed by atoms with van der Waals surface area (Å²) >= 11 is 6.96. The topological polar surface area (TPSA) is 0 Å². The Hall–Kier alpha value is -0.670. The third-order valence-electron chi connectivity index (χ3n) is 3.38. The molecule has 1 unspecified atom stereocenters. The van der Waals surface area contributed by atoms with Gasteiger partial charge in [-0.25, -0.2) is 4.39 Å². The molecule has 2 aromatic rings. The van der Waals surface area contributed by atoms with E-state index in [1.54, 1.807) is 6.07 Å². The predicted molar refractivity (Wildman–Crippen MR) is 90.0 cm³/mol. The van der Waals surface area contributed by atoms with Crippen LogP contribution in [0.15, 0.2) is 46.9 Å². The first-order valence-electron chi connectivity index (χ1n) is 6.64. The highest BCUT2D eigenvalue weighted by Gasteiger charge is 2.12. The van der Waals surface area contributed by atoms with E-state index in [-0.39, 0.29) is 5.82 Å². The molecule has 20 heavy (non-hydrogen) atoms. The summed E-state index contributed by atoms with van der Waals surface area (Å²) in [5, 5.41) is 0.868. The zero-order chi connectivity index (χ0) is 14.5. The zero-order valence-electron chi connectivity index (χ0n) is 11.4. The van der Waals surface area contributed by atoms with Crippen LogP contribution >= 0.6 is 31.9 Å². The summed E-state index contributed by atoms with van der Waals surface area (Å²) in [6, 6.07) is 13.7. The lowest BCUT2D eigenvalue weighted by Gasteiger charge is -2.15. The van der Waals surface area contributed by atoms with E-state index in [1.165, 1.54) is 17.2 Å². The predicted octanol–water partition coefficient (Wildman–Crippen LogP) is 5.69. The molecule has 2 rings (SSSR count). The fraction of sp³-hybridized carbons (Fsp3) is 0.294. The van der Waals surface area contributed by atoms with Gasteiger partial charge in [-0.15, -0.1) is 0 Å². The molecule has 3 heteroatoms. The summed E-state index contributed by atoms with van der Waals surface area (Å²) in [6.45, 7) is 2.09. The minimum Gasteiger partial charge on any atom is -0.207 e. The fourth-order valence-electron chi connectivity index (χ4n) is 2.25. The molecule has 0 aliphatic carbocycles. The first-order valence-corrected chi connectivity index (χ1v) is 8.55. The van der Waals surface area contributed by atoms with E-state index < -0.39 is 0 Å². The highest BCUT2D eigenvalue weighted by molar-refractivity contribution is 9.10. The van der Waals surface area contributed by atoms with E-state index >= 15 is 0 Å². The Balaban J connectivity index is 2.08. The van der Waals surface area contributed by atoms with Crippen molar-refractivity contribution in [1.82, 2.24) is 0 Å². The summed E-state index contributed by atoms with van der Waals surface area (Å²) < 4.78 is 14.8. The third-order valence-corrected chi connectivity index (χ3v) is 4.79. The van der Waals surface area contributed by atoms with Crippen LogP contribution in [0.4, 0.5) is 4.39 Å². The average Bonchev–Trinajstić information content (AvgIpc) is 2.44. The van der Waals surface area contributed by atoms with Gasteiger partial charge in [-0.2, -0.15) is 0 Å². The number of hydrogen-bond donors (Lipinski definition) is 0. The Labute approximate surface area is 136 Å². The average molecular weight is 400 g/mol. The molecule has 0 aliphatic heterocycles. The van der Waals surface area contributed by atoms with Crippen LogP contribution in [0, 0.1) is 18.7 Å². The Morgan fingerprint density at radius 3 is 2.40 bits per heavy atom. The molecule has 0 spiro atoms. The molecule has 106 valence electrons. The fourth-order valence-corrected chi connectivity index (χ4v) is 3.12. The standard InChI is InChI=1S/C17H17Br2F/c1-12-2-4-13(5-3-12)8-14(11-18)9-15-10-16(19)6-7-17(15)20/h2-7,10,14H,8-9,11H2,1H3. The van der Waals surface area contributed by atoms with Gasteiger partial charge >= 0.3 is 0 Å². The van der Waals surface area contributed by atoms with Crippen molar-refractivity contribution in [2.24, 2.45) is 5.92 Å². The molecule has 0 nitrogen and oxygen atoms in total. The second-order valence-corrected chi connectivity index (χ2v) is 6.71. The number of benzene rings is 2. The van der Waals surface area contributed by atoms with Gasteiger partial charge in [0.05, 0.1) is 0 Å². The summed E-state index contributed by atoms with van der Waals surface area (Å²) in [6.07, 6.45) is 1.70. The lowest BCUT2D eigenvalue weighted by molar-refractivity contribution is 0.550. The van der Waals surface area contributed by atoms with Crippen molar-refractivity contribution in [2.45, 2.75) is 19.8 Å². The molecule has 0 aliphatic rings. The van der Waals surface area contributed by atoms with Crippen LogP contribution in [0.5, 0.6) is 0 Å². The maximum Gasteiger partial charge on any atom is 0.126 e. The molecule has 0 fully saturated rings. The van der Waals surface area contributed by atoms with Gasteiger partial charge in [0.2, 0.25) is 0 Å². The van der Waals surface area contributed by atoms with Crippen LogP contribution < -0.4 is 0 Å². The molecule has 1 atom stereocenters. The summed E-state index contributed by atoms with van der Waals surface area (Å²) in [4.78, 5) is 0. The van der Waals surface area contributed by atoms with E-state index in [4.69, 9.17) is 0 Å².